The van der Waals surface area contributed by atoms with Gasteiger partial charge in [-0.05, 0) is 23.0 Å². The first-order chi connectivity index (χ1) is 8.68. The fourth-order valence-corrected chi connectivity index (χ4v) is 2.06. The number of hydrogen-bond donors (Lipinski definition) is 0. The molecule has 0 aliphatic rings. The van der Waals surface area contributed by atoms with Gasteiger partial charge in [0.2, 0.25) is 0 Å². The maximum absolute atomic E-state index is 2.29. The van der Waals surface area contributed by atoms with Crippen LogP contribution in [0.25, 0.3) is 6.08 Å². The lowest BCUT2D eigenvalue weighted by Gasteiger charge is -2.23. The summed E-state index contributed by atoms with van der Waals surface area (Å²) in [5.74, 6) is 0. The van der Waals surface area contributed by atoms with Gasteiger partial charge in [-0.3, -0.25) is 0 Å². The van der Waals surface area contributed by atoms with Crippen molar-refractivity contribution in [1.29, 1.82) is 0 Å². The number of hydrogen-bond acceptors (Lipinski definition) is 0. The van der Waals surface area contributed by atoms with Gasteiger partial charge in [0.1, 0.15) is 0 Å². The van der Waals surface area contributed by atoms with Crippen LogP contribution in [0.1, 0.15) is 31.4 Å². The van der Waals surface area contributed by atoms with Crippen molar-refractivity contribution in [1.82, 2.24) is 0 Å². The summed E-state index contributed by atoms with van der Waals surface area (Å²) in [5, 5.41) is 0. The molecule has 0 nitrogen and oxygen atoms in total. The van der Waals surface area contributed by atoms with Gasteiger partial charge in [0.15, 0.2) is 0 Å². The third kappa shape index (κ3) is 3.33. The Bertz CT molecular complexity index is 492. The second-order valence-electron chi connectivity index (χ2n) is 5.27. The van der Waals surface area contributed by atoms with Crippen LogP contribution in [0, 0.1) is 0 Å². The summed E-state index contributed by atoms with van der Waals surface area (Å²) in [6.07, 6.45) is 5.51. The predicted octanol–water partition coefficient (Wildman–Crippen LogP) is 5.07. The molecule has 0 saturated heterocycles. The third-order valence-corrected chi connectivity index (χ3v) is 3.29. The van der Waals surface area contributed by atoms with Crippen LogP contribution in [-0.4, -0.2) is 0 Å². The molecule has 0 amide bonds. The summed E-state index contributed by atoms with van der Waals surface area (Å²) in [5.41, 5.74) is 2.84. The van der Waals surface area contributed by atoms with Crippen LogP contribution in [0.4, 0.5) is 0 Å². The lowest BCUT2D eigenvalue weighted by atomic mass is 9.81. The maximum atomic E-state index is 2.29. The molecule has 0 N–H and O–H groups in total. The Labute approximate surface area is 110 Å². The first-order valence-electron chi connectivity index (χ1n) is 6.46. The highest BCUT2D eigenvalue weighted by atomic mass is 14.2. The Hall–Kier alpha value is -1.82. The Kier molecular flexibility index (Phi) is 3.99. The summed E-state index contributed by atoms with van der Waals surface area (Å²) < 4.78 is 0. The lowest BCUT2D eigenvalue weighted by Crippen LogP contribution is -2.15. The van der Waals surface area contributed by atoms with Crippen LogP contribution in [0.5, 0.6) is 0 Å². The number of rotatable bonds is 4. The van der Waals surface area contributed by atoms with Crippen molar-refractivity contribution in [2.45, 2.75) is 25.7 Å². The molecule has 92 valence electrons. The summed E-state index contributed by atoms with van der Waals surface area (Å²) in [6.45, 7) is 4.58. The summed E-state index contributed by atoms with van der Waals surface area (Å²) >= 11 is 0. The second kappa shape index (κ2) is 5.68. The Balaban J connectivity index is 2.04. The molecular formula is C18H20. The number of benzene rings is 2. The van der Waals surface area contributed by atoms with Crippen LogP contribution < -0.4 is 0 Å². The summed E-state index contributed by atoms with van der Waals surface area (Å²) in [7, 11) is 0. The maximum Gasteiger partial charge on any atom is -0.00690 e. The van der Waals surface area contributed by atoms with Crippen molar-refractivity contribution in [2.24, 2.45) is 0 Å². The highest BCUT2D eigenvalue weighted by molar-refractivity contribution is 5.49. The van der Waals surface area contributed by atoms with E-state index in [-0.39, 0.29) is 5.41 Å². The molecule has 0 fully saturated rings. The topological polar surface area (TPSA) is 0 Å². The van der Waals surface area contributed by atoms with E-state index in [4.69, 9.17) is 0 Å². The van der Waals surface area contributed by atoms with Crippen molar-refractivity contribution in [2.75, 3.05) is 0 Å². The molecule has 0 aromatic heterocycles. The zero-order valence-electron chi connectivity index (χ0n) is 11.1. The van der Waals surface area contributed by atoms with Crippen LogP contribution in [-0.2, 0) is 5.41 Å². The molecule has 18 heavy (non-hydrogen) atoms. The summed E-state index contributed by atoms with van der Waals surface area (Å²) in [4.78, 5) is 0. The zero-order valence-corrected chi connectivity index (χ0v) is 11.1. The Morgan fingerprint density at radius 3 is 2.00 bits per heavy atom. The molecule has 2 rings (SSSR count). The van der Waals surface area contributed by atoms with Gasteiger partial charge >= 0.3 is 0 Å². The van der Waals surface area contributed by atoms with Gasteiger partial charge in [-0.15, -0.1) is 0 Å². The first-order valence-corrected chi connectivity index (χ1v) is 6.46. The molecule has 0 spiro atoms. The van der Waals surface area contributed by atoms with E-state index in [0.717, 1.165) is 6.42 Å². The van der Waals surface area contributed by atoms with E-state index >= 15 is 0 Å². The highest BCUT2D eigenvalue weighted by Crippen LogP contribution is 2.27. The predicted molar refractivity (Wildman–Crippen MR) is 79.6 cm³/mol. The molecule has 2 aromatic carbocycles. The van der Waals surface area contributed by atoms with E-state index in [1.165, 1.54) is 11.1 Å². The molecule has 0 saturated carbocycles. The molecule has 0 heteroatoms. The standard InChI is InChI=1S/C18H20/c1-18(2,17-13-7-4-8-14-17)15-9-12-16-10-5-3-6-11-16/h3-14H,15H2,1-2H3. The van der Waals surface area contributed by atoms with Crippen LogP contribution in [0.2, 0.25) is 0 Å². The average Bonchev–Trinajstić information content (AvgIpc) is 2.41. The molecule has 0 heterocycles. The normalized spacial score (nSPS) is 11.9. The summed E-state index contributed by atoms with van der Waals surface area (Å²) in [6, 6.07) is 21.1. The average molecular weight is 236 g/mol. The van der Waals surface area contributed by atoms with E-state index in [9.17, 15) is 0 Å². The van der Waals surface area contributed by atoms with E-state index in [1.54, 1.807) is 0 Å². The van der Waals surface area contributed by atoms with Crippen LogP contribution in [0.15, 0.2) is 66.7 Å². The SMILES string of the molecule is CC(C)(CC=Cc1ccccc1)c1ccccc1. The molecule has 0 bridgehead atoms. The Morgan fingerprint density at radius 1 is 0.833 bits per heavy atom. The van der Waals surface area contributed by atoms with Gasteiger partial charge in [-0.1, -0.05) is 86.7 Å². The van der Waals surface area contributed by atoms with Gasteiger partial charge in [0.05, 0.1) is 0 Å². The fraction of sp³-hybridized carbons (Fsp3) is 0.222. The van der Waals surface area contributed by atoms with E-state index in [2.05, 4.69) is 80.6 Å². The minimum Gasteiger partial charge on any atom is -0.0831 e. The second-order valence-corrected chi connectivity index (χ2v) is 5.27. The number of allylic oxidation sites excluding steroid dienone is 1. The monoisotopic (exact) mass is 236 g/mol. The van der Waals surface area contributed by atoms with E-state index in [0.29, 0.717) is 0 Å². The first kappa shape index (κ1) is 12.6. The van der Waals surface area contributed by atoms with Crippen molar-refractivity contribution in [3.63, 3.8) is 0 Å². The van der Waals surface area contributed by atoms with E-state index in [1.807, 2.05) is 6.07 Å². The molecule has 0 aliphatic carbocycles. The van der Waals surface area contributed by atoms with Gasteiger partial charge in [-0.2, -0.15) is 0 Å². The van der Waals surface area contributed by atoms with Crippen molar-refractivity contribution < 1.29 is 0 Å². The molecule has 0 radical (unpaired) electrons. The largest absolute Gasteiger partial charge is 0.0831 e. The van der Waals surface area contributed by atoms with Crippen LogP contribution in [0.3, 0.4) is 0 Å². The Morgan fingerprint density at radius 2 is 1.39 bits per heavy atom. The molecular weight excluding hydrogens is 216 g/mol. The fourth-order valence-electron chi connectivity index (χ4n) is 2.06. The van der Waals surface area contributed by atoms with Crippen molar-refractivity contribution in [3.8, 4) is 0 Å². The minimum atomic E-state index is 0.187. The van der Waals surface area contributed by atoms with Gasteiger partial charge < -0.3 is 0 Å². The third-order valence-electron chi connectivity index (χ3n) is 3.29. The van der Waals surface area contributed by atoms with Gasteiger partial charge in [0, 0.05) is 0 Å². The van der Waals surface area contributed by atoms with Crippen molar-refractivity contribution >= 4 is 6.08 Å². The smallest absolute Gasteiger partial charge is 0.00690 e. The molecule has 0 atom stereocenters. The zero-order chi connectivity index (χ0) is 12.8. The minimum absolute atomic E-state index is 0.187. The van der Waals surface area contributed by atoms with Gasteiger partial charge in [0.25, 0.3) is 0 Å². The molecule has 2 aromatic rings. The lowest BCUT2D eigenvalue weighted by molar-refractivity contribution is 0.535. The highest BCUT2D eigenvalue weighted by Gasteiger charge is 2.17. The molecule has 0 aliphatic heterocycles. The van der Waals surface area contributed by atoms with Crippen LogP contribution >= 0.6 is 0 Å². The van der Waals surface area contributed by atoms with Gasteiger partial charge in [-0.25, -0.2) is 0 Å². The molecule has 0 unspecified atom stereocenters. The van der Waals surface area contributed by atoms with Crippen molar-refractivity contribution in [3.05, 3.63) is 77.9 Å². The van der Waals surface area contributed by atoms with E-state index < -0.39 is 0 Å². The quantitative estimate of drug-likeness (QED) is 0.695.